The average molecular weight is 311 g/mol. The Hall–Kier alpha value is -0.870. The first-order valence-corrected chi connectivity index (χ1v) is 7.32. The summed E-state index contributed by atoms with van der Waals surface area (Å²) in [7, 11) is 0. The lowest BCUT2D eigenvalue weighted by Gasteiger charge is -2.11. The van der Waals surface area contributed by atoms with E-state index in [9.17, 15) is 4.79 Å². The minimum absolute atomic E-state index is 0.0721. The van der Waals surface area contributed by atoms with Gasteiger partial charge >= 0.3 is 0 Å². The maximum Gasteiger partial charge on any atom is 0.225 e. The largest absolute Gasteiger partial charge is 0.326 e. The van der Waals surface area contributed by atoms with Gasteiger partial charge < -0.3 is 10.6 Å². The Morgan fingerprint density at radius 1 is 1.22 bits per heavy atom. The molecule has 1 amide bonds. The highest BCUT2D eigenvalue weighted by Gasteiger charge is 2.14. The molecule has 0 spiro atoms. The first kappa shape index (κ1) is 13.6. The molecule has 0 aliphatic heterocycles. The molecule has 4 heteroatoms. The van der Waals surface area contributed by atoms with Gasteiger partial charge in [-0.3, -0.25) is 4.79 Å². The molecule has 1 aromatic carbocycles. The van der Waals surface area contributed by atoms with E-state index >= 15 is 0 Å². The van der Waals surface area contributed by atoms with Gasteiger partial charge in [-0.05, 0) is 37.1 Å². The molecule has 2 N–H and O–H groups in total. The number of carbonyl (C=O) groups is 1. The van der Waals surface area contributed by atoms with Crippen LogP contribution in [0, 0.1) is 0 Å². The molecule has 2 rings (SSSR count). The van der Waals surface area contributed by atoms with Crippen molar-refractivity contribution in [1.29, 1.82) is 0 Å². The molecule has 0 aromatic heterocycles. The molecule has 98 valence electrons. The van der Waals surface area contributed by atoms with Crippen LogP contribution in [0.15, 0.2) is 28.7 Å². The highest BCUT2D eigenvalue weighted by Crippen LogP contribution is 2.17. The quantitative estimate of drug-likeness (QED) is 0.876. The Balaban J connectivity index is 1.66. The normalized spacial score (nSPS) is 15.8. The molecule has 0 bridgehead atoms. The summed E-state index contributed by atoms with van der Waals surface area (Å²) in [5, 5.41) is 6.33. The summed E-state index contributed by atoms with van der Waals surface area (Å²) in [4.78, 5) is 11.7. The Morgan fingerprint density at radius 3 is 2.56 bits per heavy atom. The fraction of sp³-hybridized carbons (Fsp3) is 0.500. The smallest absolute Gasteiger partial charge is 0.225 e. The van der Waals surface area contributed by atoms with Crippen molar-refractivity contribution in [2.45, 2.75) is 38.1 Å². The van der Waals surface area contributed by atoms with E-state index in [1.165, 1.54) is 25.7 Å². The minimum Gasteiger partial charge on any atom is -0.326 e. The third-order valence-electron chi connectivity index (χ3n) is 3.27. The van der Waals surface area contributed by atoms with Crippen LogP contribution in [0.5, 0.6) is 0 Å². The van der Waals surface area contributed by atoms with E-state index in [-0.39, 0.29) is 5.91 Å². The molecule has 18 heavy (non-hydrogen) atoms. The van der Waals surface area contributed by atoms with E-state index in [2.05, 4.69) is 26.6 Å². The molecular formula is C14H19BrN2O. The lowest BCUT2D eigenvalue weighted by atomic mass is 10.2. The topological polar surface area (TPSA) is 41.1 Å². The van der Waals surface area contributed by atoms with Crippen molar-refractivity contribution in [3.05, 3.63) is 28.7 Å². The van der Waals surface area contributed by atoms with Gasteiger partial charge in [0.1, 0.15) is 0 Å². The van der Waals surface area contributed by atoms with Crippen LogP contribution in [-0.2, 0) is 4.79 Å². The molecule has 3 nitrogen and oxygen atoms in total. The maximum absolute atomic E-state index is 11.7. The number of nitrogens with one attached hydrogen (secondary N) is 2. The summed E-state index contributed by atoms with van der Waals surface area (Å²) in [6.45, 7) is 0.771. The molecule has 0 saturated heterocycles. The lowest BCUT2D eigenvalue weighted by molar-refractivity contribution is -0.116. The first-order chi connectivity index (χ1) is 8.74. The Morgan fingerprint density at radius 2 is 1.89 bits per heavy atom. The standard InChI is InChI=1S/C14H19BrN2O/c15-11-5-7-13(8-6-11)17-14(18)9-10-16-12-3-1-2-4-12/h5-8,12,16H,1-4,9-10H2,(H,17,18). The zero-order valence-corrected chi connectivity index (χ0v) is 12.0. The summed E-state index contributed by atoms with van der Waals surface area (Å²) in [6, 6.07) is 8.27. The number of hydrogen-bond donors (Lipinski definition) is 2. The summed E-state index contributed by atoms with van der Waals surface area (Å²) in [6.07, 6.45) is 5.70. The molecule has 1 aliphatic carbocycles. The molecule has 0 atom stereocenters. The number of halogens is 1. The van der Waals surface area contributed by atoms with Gasteiger partial charge in [-0.15, -0.1) is 0 Å². The second-order valence-corrected chi connectivity index (χ2v) is 5.66. The van der Waals surface area contributed by atoms with Crippen LogP contribution in [0.4, 0.5) is 5.69 Å². The third kappa shape index (κ3) is 4.42. The van der Waals surface area contributed by atoms with Crippen molar-refractivity contribution in [1.82, 2.24) is 5.32 Å². The molecule has 1 aromatic rings. The van der Waals surface area contributed by atoms with Gasteiger partial charge in [0, 0.05) is 29.2 Å². The zero-order chi connectivity index (χ0) is 12.8. The van der Waals surface area contributed by atoms with E-state index in [0.717, 1.165) is 16.7 Å². The highest BCUT2D eigenvalue weighted by molar-refractivity contribution is 9.10. The van der Waals surface area contributed by atoms with Crippen molar-refractivity contribution in [3.8, 4) is 0 Å². The van der Waals surface area contributed by atoms with Crippen LogP contribution in [0.2, 0.25) is 0 Å². The molecule has 1 aliphatic rings. The fourth-order valence-corrected chi connectivity index (χ4v) is 2.54. The molecular weight excluding hydrogens is 292 g/mol. The number of amides is 1. The number of benzene rings is 1. The zero-order valence-electron chi connectivity index (χ0n) is 10.4. The van der Waals surface area contributed by atoms with Crippen molar-refractivity contribution in [2.24, 2.45) is 0 Å². The summed E-state index contributed by atoms with van der Waals surface area (Å²) in [5.74, 6) is 0.0721. The van der Waals surface area contributed by atoms with Crippen LogP contribution in [-0.4, -0.2) is 18.5 Å². The second-order valence-electron chi connectivity index (χ2n) is 4.74. The average Bonchev–Trinajstić information content (AvgIpc) is 2.85. The van der Waals surface area contributed by atoms with E-state index < -0.39 is 0 Å². The number of hydrogen-bond acceptors (Lipinski definition) is 2. The van der Waals surface area contributed by atoms with Gasteiger partial charge in [0.15, 0.2) is 0 Å². The number of anilines is 1. The van der Waals surface area contributed by atoms with Crippen molar-refractivity contribution in [2.75, 3.05) is 11.9 Å². The van der Waals surface area contributed by atoms with Gasteiger partial charge in [-0.1, -0.05) is 28.8 Å². The molecule has 1 fully saturated rings. The number of rotatable bonds is 5. The van der Waals surface area contributed by atoms with Crippen LogP contribution in [0.3, 0.4) is 0 Å². The molecule has 0 heterocycles. The van der Waals surface area contributed by atoms with Gasteiger partial charge in [-0.25, -0.2) is 0 Å². The van der Waals surface area contributed by atoms with Crippen LogP contribution >= 0.6 is 15.9 Å². The fourth-order valence-electron chi connectivity index (χ4n) is 2.28. The summed E-state index contributed by atoms with van der Waals surface area (Å²) >= 11 is 3.37. The van der Waals surface area contributed by atoms with Gasteiger partial charge in [0.25, 0.3) is 0 Å². The van der Waals surface area contributed by atoms with Crippen molar-refractivity contribution >= 4 is 27.5 Å². The summed E-state index contributed by atoms with van der Waals surface area (Å²) < 4.78 is 1.02. The Kier molecular flexibility index (Phi) is 5.20. The monoisotopic (exact) mass is 310 g/mol. The Bertz CT molecular complexity index is 385. The van der Waals surface area contributed by atoms with E-state index in [0.29, 0.717) is 12.5 Å². The maximum atomic E-state index is 11.7. The first-order valence-electron chi connectivity index (χ1n) is 6.53. The van der Waals surface area contributed by atoms with Crippen LogP contribution in [0.1, 0.15) is 32.1 Å². The van der Waals surface area contributed by atoms with Gasteiger partial charge in [-0.2, -0.15) is 0 Å². The van der Waals surface area contributed by atoms with Crippen molar-refractivity contribution < 1.29 is 4.79 Å². The predicted molar refractivity (Wildman–Crippen MR) is 77.6 cm³/mol. The molecule has 0 unspecified atom stereocenters. The third-order valence-corrected chi connectivity index (χ3v) is 3.80. The Labute approximate surface area is 116 Å². The SMILES string of the molecule is O=C(CCNC1CCCC1)Nc1ccc(Br)cc1. The summed E-state index contributed by atoms with van der Waals surface area (Å²) in [5.41, 5.74) is 0.851. The highest BCUT2D eigenvalue weighted by atomic mass is 79.9. The van der Waals surface area contributed by atoms with Crippen LogP contribution < -0.4 is 10.6 Å². The van der Waals surface area contributed by atoms with Crippen LogP contribution in [0.25, 0.3) is 0 Å². The van der Waals surface area contributed by atoms with E-state index in [1.54, 1.807) is 0 Å². The lowest BCUT2D eigenvalue weighted by Crippen LogP contribution is -2.29. The second kappa shape index (κ2) is 6.90. The predicted octanol–water partition coefficient (Wildman–Crippen LogP) is 3.31. The number of carbonyl (C=O) groups excluding carboxylic acids is 1. The van der Waals surface area contributed by atoms with E-state index in [1.807, 2.05) is 24.3 Å². The van der Waals surface area contributed by atoms with Crippen molar-refractivity contribution in [3.63, 3.8) is 0 Å². The minimum atomic E-state index is 0.0721. The molecule has 0 radical (unpaired) electrons. The van der Waals surface area contributed by atoms with Gasteiger partial charge in [0.2, 0.25) is 5.91 Å². The molecule has 1 saturated carbocycles. The van der Waals surface area contributed by atoms with E-state index in [4.69, 9.17) is 0 Å². The van der Waals surface area contributed by atoms with Gasteiger partial charge in [0.05, 0.1) is 0 Å².